The highest BCUT2D eigenvalue weighted by molar-refractivity contribution is 5.97. The first-order chi connectivity index (χ1) is 13.2. The lowest BCUT2D eigenvalue weighted by Crippen LogP contribution is -2.39. The Bertz CT molecular complexity index is 901. The number of aromatic hydroxyl groups is 1. The van der Waals surface area contributed by atoms with Crippen molar-refractivity contribution in [2.24, 2.45) is 0 Å². The molecule has 1 N–H and O–H groups in total. The molecule has 0 atom stereocenters. The van der Waals surface area contributed by atoms with Crippen molar-refractivity contribution in [3.05, 3.63) is 77.9 Å². The van der Waals surface area contributed by atoms with Gasteiger partial charge in [0.25, 0.3) is 5.91 Å². The molecule has 0 radical (unpaired) electrons. The number of phenols is 1. The van der Waals surface area contributed by atoms with E-state index < -0.39 is 0 Å². The molecule has 3 aromatic rings. The number of phenolic OH excluding ortho intramolecular Hbond substituents is 1. The third-order valence-electron chi connectivity index (χ3n) is 5.10. The first-order valence-corrected chi connectivity index (χ1v) is 9.20. The van der Waals surface area contributed by atoms with E-state index >= 15 is 0 Å². The van der Waals surface area contributed by atoms with Crippen LogP contribution < -0.4 is 0 Å². The lowest BCUT2D eigenvalue weighted by molar-refractivity contribution is 0.0686. The highest BCUT2D eigenvalue weighted by atomic mass is 16.3. The molecule has 1 aromatic heterocycles. The summed E-state index contributed by atoms with van der Waals surface area (Å²) in [6, 6.07) is 15.7. The van der Waals surface area contributed by atoms with Crippen LogP contribution in [0.15, 0.2) is 61.2 Å². The first kappa shape index (κ1) is 17.3. The van der Waals surface area contributed by atoms with Crippen LogP contribution in [0.5, 0.6) is 5.75 Å². The SMILES string of the molecule is O=C(c1cc(Cc2ccccc2)ccc1O)N1CCC(n2cncn2)CC1. The molecule has 1 aliphatic heterocycles. The van der Waals surface area contributed by atoms with Gasteiger partial charge in [0.1, 0.15) is 18.4 Å². The minimum Gasteiger partial charge on any atom is -0.507 e. The van der Waals surface area contributed by atoms with Gasteiger partial charge >= 0.3 is 0 Å². The molecule has 2 heterocycles. The number of carbonyl (C=O) groups is 1. The number of hydrogen-bond acceptors (Lipinski definition) is 4. The summed E-state index contributed by atoms with van der Waals surface area (Å²) in [4.78, 5) is 18.8. The average Bonchev–Trinajstić information content (AvgIpc) is 3.25. The van der Waals surface area contributed by atoms with Crippen molar-refractivity contribution in [2.75, 3.05) is 13.1 Å². The third kappa shape index (κ3) is 3.84. The molecule has 6 heteroatoms. The van der Waals surface area contributed by atoms with E-state index in [1.54, 1.807) is 12.4 Å². The number of hydrogen-bond donors (Lipinski definition) is 1. The molecule has 0 saturated carbocycles. The van der Waals surface area contributed by atoms with Crippen molar-refractivity contribution in [1.29, 1.82) is 0 Å². The Morgan fingerprint density at radius 1 is 1.07 bits per heavy atom. The maximum atomic E-state index is 12.9. The first-order valence-electron chi connectivity index (χ1n) is 9.20. The molecule has 6 nitrogen and oxygen atoms in total. The van der Waals surface area contributed by atoms with Gasteiger partial charge in [-0.15, -0.1) is 0 Å². The van der Waals surface area contributed by atoms with Crippen LogP contribution in [-0.2, 0) is 6.42 Å². The summed E-state index contributed by atoms with van der Waals surface area (Å²) in [7, 11) is 0. The Balaban J connectivity index is 1.46. The smallest absolute Gasteiger partial charge is 0.257 e. The lowest BCUT2D eigenvalue weighted by atomic mass is 10.00. The van der Waals surface area contributed by atoms with Gasteiger partial charge in [0.15, 0.2) is 0 Å². The zero-order chi connectivity index (χ0) is 18.6. The second-order valence-corrected chi connectivity index (χ2v) is 6.91. The maximum Gasteiger partial charge on any atom is 0.257 e. The summed E-state index contributed by atoms with van der Waals surface area (Å²) < 4.78 is 1.86. The van der Waals surface area contributed by atoms with Crippen molar-refractivity contribution in [2.45, 2.75) is 25.3 Å². The number of piperidine rings is 1. The predicted molar refractivity (Wildman–Crippen MR) is 102 cm³/mol. The Hall–Kier alpha value is -3.15. The van der Waals surface area contributed by atoms with Crippen molar-refractivity contribution in [3.8, 4) is 5.75 Å². The number of nitrogens with zero attached hydrogens (tertiary/aromatic N) is 4. The van der Waals surface area contributed by atoms with Gasteiger partial charge in [0.05, 0.1) is 11.6 Å². The van der Waals surface area contributed by atoms with Gasteiger partial charge in [0.2, 0.25) is 0 Å². The van der Waals surface area contributed by atoms with Crippen molar-refractivity contribution >= 4 is 5.91 Å². The number of benzene rings is 2. The van der Waals surface area contributed by atoms with Crippen LogP contribution in [0.4, 0.5) is 0 Å². The van der Waals surface area contributed by atoms with Gasteiger partial charge in [-0.25, -0.2) is 9.67 Å². The highest BCUT2D eigenvalue weighted by Gasteiger charge is 2.26. The minimum absolute atomic E-state index is 0.0372. The summed E-state index contributed by atoms with van der Waals surface area (Å²) in [6.07, 6.45) is 5.66. The molecule has 0 spiro atoms. The van der Waals surface area contributed by atoms with Gasteiger partial charge in [-0.2, -0.15) is 5.10 Å². The number of likely N-dealkylation sites (tertiary alicyclic amines) is 1. The Morgan fingerprint density at radius 2 is 1.85 bits per heavy atom. The van der Waals surface area contributed by atoms with E-state index in [0.29, 0.717) is 18.7 Å². The molecule has 1 amide bonds. The number of aromatic nitrogens is 3. The second-order valence-electron chi connectivity index (χ2n) is 6.91. The zero-order valence-corrected chi connectivity index (χ0v) is 15.0. The van der Waals surface area contributed by atoms with Gasteiger partial charge in [-0.05, 0) is 42.5 Å². The molecule has 138 valence electrons. The number of carbonyl (C=O) groups excluding carboxylic acids is 1. The van der Waals surface area contributed by atoms with E-state index in [1.165, 1.54) is 11.9 Å². The maximum absolute atomic E-state index is 12.9. The monoisotopic (exact) mass is 362 g/mol. The summed E-state index contributed by atoms with van der Waals surface area (Å²) in [5, 5.41) is 14.4. The van der Waals surface area contributed by atoms with E-state index in [2.05, 4.69) is 22.2 Å². The number of amides is 1. The van der Waals surface area contributed by atoms with Crippen LogP contribution in [0, 0.1) is 0 Å². The fourth-order valence-corrected chi connectivity index (χ4v) is 3.61. The fraction of sp³-hybridized carbons (Fsp3) is 0.286. The van der Waals surface area contributed by atoms with Gasteiger partial charge in [0, 0.05) is 13.1 Å². The minimum atomic E-state index is -0.112. The van der Waals surface area contributed by atoms with E-state index in [9.17, 15) is 9.90 Å². The van der Waals surface area contributed by atoms with Crippen LogP contribution in [0.2, 0.25) is 0 Å². The molecule has 27 heavy (non-hydrogen) atoms. The van der Waals surface area contributed by atoms with Gasteiger partial charge in [-0.1, -0.05) is 36.4 Å². The number of rotatable bonds is 4. The highest BCUT2D eigenvalue weighted by Crippen LogP contribution is 2.26. The summed E-state index contributed by atoms with van der Waals surface area (Å²) >= 11 is 0. The van der Waals surface area contributed by atoms with Crippen LogP contribution in [0.3, 0.4) is 0 Å². The zero-order valence-electron chi connectivity index (χ0n) is 15.0. The molecule has 0 aliphatic carbocycles. The Morgan fingerprint density at radius 3 is 2.56 bits per heavy atom. The van der Waals surface area contributed by atoms with Crippen LogP contribution in [0.25, 0.3) is 0 Å². The van der Waals surface area contributed by atoms with Gasteiger partial charge < -0.3 is 10.0 Å². The normalized spacial score (nSPS) is 15.0. The van der Waals surface area contributed by atoms with Crippen molar-refractivity contribution in [1.82, 2.24) is 19.7 Å². The van der Waals surface area contributed by atoms with E-state index in [-0.39, 0.29) is 17.7 Å². The van der Waals surface area contributed by atoms with E-state index in [0.717, 1.165) is 24.8 Å². The Labute approximate surface area is 158 Å². The topological polar surface area (TPSA) is 71.2 Å². The van der Waals surface area contributed by atoms with Crippen LogP contribution in [0.1, 0.15) is 40.4 Å². The van der Waals surface area contributed by atoms with Crippen LogP contribution in [-0.4, -0.2) is 43.8 Å². The van der Waals surface area contributed by atoms with Crippen molar-refractivity contribution < 1.29 is 9.90 Å². The second kappa shape index (κ2) is 7.61. The third-order valence-corrected chi connectivity index (χ3v) is 5.10. The molecule has 1 aliphatic rings. The molecular weight excluding hydrogens is 340 g/mol. The summed E-state index contributed by atoms with van der Waals surface area (Å²) in [5.41, 5.74) is 2.57. The summed E-state index contributed by atoms with van der Waals surface area (Å²) in [5.74, 6) is -0.0744. The molecule has 0 unspecified atom stereocenters. The fourth-order valence-electron chi connectivity index (χ4n) is 3.61. The van der Waals surface area contributed by atoms with E-state index in [1.807, 2.05) is 39.9 Å². The molecule has 1 saturated heterocycles. The largest absolute Gasteiger partial charge is 0.507 e. The summed E-state index contributed by atoms with van der Waals surface area (Å²) in [6.45, 7) is 1.29. The van der Waals surface area contributed by atoms with Gasteiger partial charge in [-0.3, -0.25) is 4.79 Å². The molecule has 2 aromatic carbocycles. The Kier molecular flexibility index (Phi) is 4.87. The molecule has 0 bridgehead atoms. The quantitative estimate of drug-likeness (QED) is 0.774. The molecule has 1 fully saturated rings. The molecule has 4 rings (SSSR count). The predicted octanol–water partition coefficient (Wildman–Crippen LogP) is 3.05. The van der Waals surface area contributed by atoms with Crippen LogP contribution >= 0.6 is 0 Å². The van der Waals surface area contributed by atoms with Crippen molar-refractivity contribution in [3.63, 3.8) is 0 Å². The standard InChI is InChI=1S/C21H22N4O2/c26-20-7-6-17(12-16-4-2-1-3-5-16)13-19(20)21(27)24-10-8-18(9-11-24)25-15-22-14-23-25/h1-7,13-15,18,26H,8-12H2. The molecular formula is C21H22N4O2. The van der Waals surface area contributed by atoms with E-state index in [4.69, 9.17) is 0 Å². The average molecular weight is 362 g/mol. The lowest BCUT2D eigenvalue weighted by Gasteiger charge is -2.32.